The highest BCUT2D eigenvalue weighted by Crippen LogP contribution is 2.40. The minimum absolute atomic E-state index is 0.0362. The number of rotatable bonds is 8. The monoisotopic (exact) mass is 606 g/mol. The number of nitro benzene ring substituents is 1. The van der Waals surface area contributed by atoms with E-state index in [9.17, 15) is 23.3 Å². The number of pyridine rings is 1. The highest BCUT2D eigenvalue weighted by atomic mass is 32.2. The van der Waals surface area contributed by atoms with E-state index in [0.29, 0.717) is 51.3 Å². The summed E-state index contributed by atoms with van der Waals surface area (Å²) in [5.41, 5.74) is 4.25. The topological polar surface area (TPSA) is 142 Å². The molecule has 6 rings (SSSR count). The van der Waals surface area contributed by atoms with Gasteiger partial charge >= 0.3 is 0 Å². The van der Waals surface area contributed by atoms with E-state index in [1.54, 1.807) is 77.6 Å². The van der Waals surface area contributed by atoms with E-state index in [-0.39, 0.29) is 22.1 Å². The summed E-state index contributed by atoms with van der Waals surface area (Å²) in [6.07, 6.45) is 3.42. The molecule has 6 aromatic rings. The predicted octanol–water partition coefficient (Wildman–Crippen LogP) is 6.36. The molecule has 1 N–H and O–H groups in total. The summed E-state index contributed by atoms with van der Waals surface area (Å²) < 4.78 is 31.4. The number of hydrogen-bond acceptors (Lipinski definition) is 7. The van der Waals surface area contributed by atoms with Crippen molar-refractivity contribution in [2.24, 2.45) is 0 Å². The zero-order chi connectivity index (χ0) is 31.0. The Morgan fingerprint density at radius 3 is 2.36 bits per heavy atom. The van der Waals surface area contributed by atoms with Gasteiger partial charge in [0.1, 0.15) is 5.69 Å². The maximum absolute atomic E-state index is 14.2. The van der Waals surface area contributed by atoms with Crippen molar-refractivity contribution in [1.82, 2.24) is 18.7 Å². The second kappa shape index (κ2) is 11.2. The maximum Gasteiger partial charge on any atom is 0.269 e. The van der Waals surface area contributed by atoms with E-state index in [1.807, 2.05) is 13.1 Å². The standard InChI is InChI=1S/C32H26N6O5S/c1-3-36-20-29(31(35-36)22-12-14-25(15-13-22)38(40)41)27-16-17-33-32-28(27)19-30(23-8-7-9-24(18-23)34-21(2)39)37(32)44(42,43)26-10-5-4-6-11-26/h4-20H,3H2,1-2H3,(H,34,39). The van der Waals surface area contributed by atoms with Gasteiger partial charge in [0.15, 0.2) is 5.65 Å². The summed E-state index contributed by atoms with van der Waals surface area (Å²) in [4.78, 5) is 27.2. The van der Waals surface area contributed by atoms with Crippen LogP contribution in [-0.4, -0.2) is 38.0 Å². The first-order valence-electron chi connectivity index (χ1n) is 13.7. The van der Waals surface area contributed by atoms with E-state index in [2.05, 4.69) is 10.3 Å². The van der Waals surface area contributed by atoms with Gasteiger partial charge in [0.05, 0.1) is 15.5 Å². The molecule has 0 radical (unpaired) electrons. The second-order valence-corrected chi connectivity index (χ2v) is 11.8. The number of hydrogen-bond donors (Lipinski definition) is 1. The van der Waals surface area contributed by atoms with Crippen molar-refractivity contribution in [3.05, 3.63) is 114 Å². The van der Waals surface area contributed by atoms with Gasteiger partial charge in [0.25, 0.3) is 15.7 Å². The number of nitrogens with one attached hydrogen (secondary N) is 1. The molecule has 0 bridgehead atoms. The van der Waals surface area contributed by atoms with Crippen LogP contribution in [0.3, 0.4) is 0 Å². The van der Waals surface area contributed by atoms with Gasteiger partial charge < -0.3 is 5.32 Å². The zero-order valence-corrected chi connectivity index (χ0v) is 24.5. The Balaban J connectivity index is 1.63. The molecular formula is C32H26N6O5S. The molecule has 3 aromatic carbocycles. The summed E-state index contributed by atoms with van der Waals surface area (Å²) in [6.45, 7) is 3.92. The summed E-state index contributed by atoms with van der Waals surface area (Å²) in [7, 11) is -4.13. The lowest BCUT2D eigenvalue weighted by atomic mass is 10.00. The van der Waals surface area contributed by atoms with Gasteiger partial charge in [-0.15, -0.1) is 0 Å². The van der Waals surface area contributed by atoms with E-state index in [0.717, 1.165) is 0 Å². The SMILES string of the molecule is CCn1cc(-c2ccnc3c2cc(-c2cccc(NC(C)=O)c2)n3S(=O)(=O)c2ccccc2)c(-c2ccc([N+](=O)[O-])cc2)n1. The fourth-order valence-corrected chi connectivity index (χ4v) is 6.65. The zero-order valence-electron chi connectivity index (χ0n) is 23.7. The molecule has 0 fully saturated rings. The van der Waals surface area contributed by atoms with Crippen molar-refractivity contribution in [3.63, 3.8) is 0 Å². The van der Waals surface area contributed by atoms with Gasteiger partial charge in [-0.1, -0.05) is 30.3 Å². The number of nitro groups is 1. The van der Waals surface area contributed by atoms with E-state index in [1.165, 1.54) is 35.2 Å². The average molecular weight is 607 g/mol. The fourth-order valence-electron chi connectivity index (χ4n) is 5.15. The Hall–Kier alpha value is -5.62. The highest BCUT2D eigenvalue weighted by molar-refractivity contribution is 7.90. The van der Waals surface area contributed by atoms with Crippen LogP contribution in [0.4, 0.5) is 11.4 Å². The van der Waals surface area contributed by atoms with Crippen molar-refractivity contribution in [1.29, 1.82) is 0 Å². The fraction of sp³-hybridized carbons (Fsp3) is 0.0938. The third-order valence-corrected chi connectivity index (χ3v) is 8.87. The van der Waals surface area contributed by atoms with Crippen LogP contribution < -0.4 is 5.32 Å². The van der Waals surface area contributed by atoms with Crippen LogP contribution in [0.2, 0.25) is 0 Å². The minimum Gasteiger partial charge on any atom is -0.326 e. The molecule has 0 unspecified atom stereocenters. The molecule has 11 nitrogen and oxygen atoms in total. The molecule has 0 atom stereocenters. The van der Waals surface area contributed by atoms with E-state index < -0.39 is 14.9 Å². The van der Waals surface area contributed by atoms with Crippen molar-refractivity contribution in [2.45, 2.75) is 25.3 Å². The van der Waals surface area contributed by atoms with Gasteiger partial charge in [-0.3, -0.25) is 19.6 Å². The first-order valence-corrected chi connectivity index (χ1v) is 15.1. The van der Waals surface area contributed by atoms with Crippen molar-refractivity contribution in [2.75, 3.05) is 5.32 Å². The molecule has 3 aromatic heterocycles. The molecule has 0 saturated carbocycles. The highest BCUT2D eigenvalue weighted by Gasteiger charge is 2.27. The quantitative estimate of drug-likeness (QED) is 0.157. The second-order valence-electron chi connectivity index (χ2n) is 10.0. The summed E-state index contributed by atoms with van der Waals surface area (Å²) in [6, 6.07) is 24.8. The normalized spacial score (nSPS) is 11.5. The number of carbonyl (C=O) groups is 1. The van der Waals surface area contributed by atoms with Crippen LogP contribution in [0, 0.1) is 10.1 Å². The molecule has 12 heteroatoms. The number of benzene rings is 3. The lowest BCUT2D eigenvalue weighted by molar-refractivity contribution is -0.384. The van der Waals surface area contributed by atoms with Gasteiger partial charge in [-0.05, 0) is 61.0 Å². The van der Waals surface area contributed by atoms with Crippen LogP contribution in [-0.2, 0) is 21.4 Å². The number of nitrogens with zero attached hydrogens (tertiary/aromatic N) is 5. The molecular weight excluding hydrogens is 580 g/mol. The van der Waals surface area contributed by atoms with Crippen LogP contribution in [0.15, 0.2) is 108 Å². The third-order valence-electron chi connectivity index (χ3n) is 7.15. The molecule has 3 heterocycles. The summed E-state index contributed by atoms with van der Waals surface area (Å²) in [5, 5.41) is 19.3. The number of amides is 1. The van der Waals surface area contributed by atoms with Crippen molar-refractivity contribution < 1.29 is 18.1 Å². The molecule has 44 heavy (non-hydrogen) atoms. The molecule has 0 saturated heterocycles. The van der Waals surface area contributed by atoms with Crippen molar-refractivity contribution in [3.8, 4) is 33.6 Å². The Kier molecular flexibility index (Phi) is 7.27. The number of aromatic nitrogens is 4. The number of fused-ring (bicyclic) bond motifs is 1. The molecule has 1 amide bonds. The number of anilines is 1. The molecule has 0 aliphatic heterocycles. The maximum atomic E-state index is 14.2. The molecule has 220 valence electrons. The van der Waals surface area contributed by atoms with Crippen molar-refractivity contribution >= 4 is 38.3 Å². The van der Waals surface area contributed by atoms with Crippen LogP contribution in [0.25, 0.3) is 44.7 Å². The third kappa shape index (κ3) is 5.11. The smallest absolute Gasteiger partial charge is 0.269 e. The molecule has 0 aliphatic carbocycles. The predicted molar refractivity (Wildman–Crippen MR) is 167 cm³/mol. The van der Waals surface area contributed by atoms with Gasteiger partial charge in [0.2, 0.25) is 5.91 Å². The summed E-state index contributed by atoms with van der Waals surface area (Å²) in [5.74, 6) is -0.254. The Bertz CT molecular complexity index is 2150. The summed E-state index contributed by atoms with van der Waals surface area (Å²) >= 11 is 0. The number of aryl methyl sites for hydroxylation is 1. The number of carbonyl (C=O) groups excluding carboxylic acids is 1. The lowest BCUT2D eigenvalue weighted by Gasteiger charge is -2.13. The lowest BCUT2D eigenvalue weighted by Crippen LogP contribution is -2.14. The van der Waals surface area contributed by atoms with Crippen LogP contribution in [0.1, 0.15) is 13.8 Å². The Morgan fingerprint density at radius 2 is 1.68 bits per heavy atom. The first kappa shape index (κ1) is 28.5. The molecule has 0 aliphatic rings. The molecule has 0 spiro atoms. The van der Waals surface area contributed by atoms with E-state index >= 15 is 0 Å². The van der Waals surface area contributed by atoms with E-state index in [4.69, 9.17) is 5.10 Å². The van der Waals surface area contributed by atoms with Crippen LogP contribution >= 0.6 is 0 Å². The van der Waals surface area contributed by atoms with Gasteiger partial charge in [0, 0.05) is 65.8 Å². The Labute approximate surface area is 252 Å². The largest absolute Gasteiger partial charge is 0.326 e. The minimum atomic E-state index is -4.13. The Morgan fingerprint density at radius 1 is 0.932 bits per heavy atom. The average Bonchev–Trinajstić information content (AvgIpc) is 3.64. The van der Waals surface area contributed by atoms with Gasteiger partial charge in [-0.2, -0.15) is 5.10 Å². The number of non-ortho nitro benzene ring substituents is 1. The van der Waals surface area contributed by atoms with Crippen LogP contribution in [0.5, 0.6) is 0 Å². The van der Waals surface area contributed by atoms with Gasteiger partial charge in [-0.25, -0.2) is 17.4 Å². The first-order chi connectivity index (χ1) is 21.2.